The van der Waals surface area contributed by atoms with Gasteiger partial charge in [-0.3, -0.25) is 0 Å². The van der Waals surface area contributed by atoms with Gasteiger partial charge in [0, 0.05) is 31.5 Å². The van der Waals surface area contributed by atoms with Gasteiger partial charge in [0.25, 0.3) is 0 Å². The summed E-state index contributed by atoms with van der Waals surface area (Å²) in [6, 6.07) is 6.65. The van der Waals surface area contributed by atoms with E-state index in [4.69, 9.17) is 0 Å². The van der Waals surface area contributed by atoms with Crippen molar-refractivity contribution in [3.8, 4) is 0 Å². The van der Waals surface area contributed by atoms with Gasteiger partial charge in [-0.25, -0.2) is 15.0 Å². The van der Waals surface area contributed by atoms with Crippen molar-refractivity contribution in [1.82, 2.24) is 15.0 Å². The van der Waals surface area contributed by atoms with Crippen molar-refractivity contribution in [2.45, 2.75) is 19.5 Å². The number of alkyl halides is 3. The van der Waals surface area contributed by atoms with Crippen LogP contribution >= 0.6 is 0 Å². The van der Waals surface area contributed by atoms with Crippen molar-refractivity contribution >= 4 is 11.8 Å². The van der Waals surface area contributed by atoms with Crippen LogP contribution in [0.2, 0.25) is 0 Å². The summed E-state index contributed by atoms with van der Waals surface area (Å²) in [5.41, 5.74) is 0.0310. The van der Waals surface area contributed by atoms with E-state index in [1.807, 2.05) is 25.1 Å². The van der Waals surface area contributed by atoms with Gasteiger partial charge in [0.05, 0.1) is 0 Å². The lowest BCUT2D eigenvalue weighted by Crippen LogP contribution is -2.25. The van der Waals surface area contributed by atoms with Gasteiger partial charge in [0.2, 0.25) is 5.95 Å². The summed E-state index contributed by atoms with van der Waals surface area (Å²) in [5.74, 6) is 1.26. The van der Waals surface area contributed by atoms with Crippen molar-refractivity contribution in [2.75, 3.05) is 29.9 Å². The molecule has 0 aliphatic carbocycles. The minimum atomic E-state index is -4.45. The maximum absolute atomic E-state index is 12.7. The predicted molar refractivity (Wildman–Crippen MR) is 84.8 cm³/mol. The molecule has 8 heteroatoms. The zero-order valence-corrected chi connectivity index (χ0v) is 13.2. The molecule has 5 nitrogen and oxygen atoms in total. The Morgan fingerprint density at radius 3 is 2.83 bits per heavy atom. The van der Waals surface area contributed by atoms with Gasteiger partial charge in [0.1, 0.15) is 11.5 Å². The first kappa shape index (κ1) is 16.5. The fraction of sp³-hybridized carbons (Fsp3) is 0.438. The first-order chi connectivity index (χ1) is 11.4. The molecule has 2 aromatic rings. The zero-order valence-electron chi connectivity index (χ0n) is 13.2. The molecule has 2 aromatic heterocycles. The fourth-order valence-electron chi connectivity index (χ4n) is 2.73. The fourth-order valence-corrected chi connectivity index (χ4v) is 2.73. The molecule has 1 N–H and O–H groups in total. The monoisotopic (exact) mass is 337 g/mol. The lowest BCUT2D eigenvalue weighted by molar-refractivity contribution is -0.141. The molecule has 1 atom stereocenters. The van der Waals surface area contributed by atoms with Crippen molar-refractivity contribution in [3.05, 3.63) is 41.9 Å². The lowest BCUT2D eigenvalue weighted by atomic mass is 10.1. The number of pyridine rings is 1. The minimum Gasteiger partial charge on any atom is -0.370 e. The molecule has 24 heavy (non-hydrogen) atoms. The zero-order chi connectivity index (χ0) is 17.2. The molecule has 1 fully saturated rings. The second-order valence-electron chi connectivity index (χ2n) is 5.89. The topological polar surface area (TPSA) is 53.9 Å². The van der Waals surface area contributed by atoms with E-state index < -0.39 is 11.9 Å². The van der Waals surface area contributed by atoms with Crippen LogP contribution in [0.15, 0.2) is 30.5 Å². The highest BCUT2D eigenvalue weighted by Gasteiger charge is 2.34. The van der Waals surface area contributed by atoms with Gasteiger partial charge in [-0.2, -0.15) is 13.2 Å². The third kappa shape index (κ3) is 3.93. The highest BCUT2D eigenvalue weighted by Crippen LogP contribution is 2.29. The molecule has 1 aliphatic rings. The SMILES string of the molecule is Cc1cccc(NC[C@@H]2CCN(c3nccc(C(F)(F)F)n3)C2)n1. The largest absolute Gasteiger partial charge is 0.433 e. The average Bonchev–Trinajstić information content (AvgIpc) is 3.01. The van der Waals surface area contributed by atoms with Crippen LogP contribution in [0.25, 0.3) is 0 Å². The van der Waals surface area contributed by atoms with E-state index in [0.29, 0.717) is 25.6 Å². The molecule has 0 bridgehead atoms. The van der Waals surface area contributed by atoms with Crippen LogP contribution in [0, 0.1) is 12.8 Å². The van der Waals surface area contributed by atoms with Gasteiger partial charge < -0.3 is 10.2 Å². The molecule has 0 unspecified atom stereocenters. The highest BCUT2D eigenvalue weighted by molar-refractivity contribution is 5.36. The molecular weight excluding hydrogens is 319 g/mol. The molecule has 128 valence electrons. The van der Waals surface area contributed by atoms with E-state index in [2.05, 4.69) is 20.3 Å². The van der Waals surface area contributed by atoms with E-state index in [-0.39, 0.29) is 5.95 Å². The third-order valence-corrected chi connectivity index (χ3v) is 3.96. The Morgan fingerprint density at radius 2 is 2.08 bits per heavy atom. The second kappa shape index (κ2) is 6.62. The maximum Gasteiger partial charge on any atom is 0.433 e. The molecule has 0 saturated carbocycles. The van der Waals surface area contributed by atoms with Gasteiger partial charge in [-0.1, -0.05) is 6.07 Å². The van der Waals surface area contributed by atoms with E-state index in [9.17, 15) is 13.2 Å². The molecule has 0 radical (unpaired) electrons. The number of aryl methyl sites for hydroxylation is 1. The second-order valence-corrected chi connectivity index (χ2v) is 5.89. The number of rotatable bonds is 4. The smallest absolute Gasteiger partial charge is 0.370 e. The van der Waals surface area contributed by atoms with Gasteiger partial charge in [-0.15, -0.1) is 0 Å². The summed E-state index contributed by atoms with van der Waals surface area (Å²) < 4.78 is 38.2. The first-order valence-electron chi connectivity index (χ1n) is 7.74. The average molecular weight is 337 g/mol. The molecule has 1 saturated heterocycles. The maximum atomic E-state index is 12.7. The highest BCUT2D eigenvalue weighted by atomic mass is 19.4. The summed E-state index contributed by atoms with van der Waals surface area (Å²) in [6.07, 6.45) is -2.42. The Hall–Kier alpha value is -2.38. The van der Waals surface area contributed by atoms with E-state index >= 15 is 0 Å². The molecular formula is C16H18F3N5. The number of anilines is 2. The Labute approximate surface area is 138 Å². The number of aromatic nitrogens is 3. The van der Waals surface area contributed by atoms with Crippen LogP contribution in [0.4, 0.5) is 24.9 Å². The van der Waals surface area contributed by atoms with Crippen LogP contribution in [0.5, 0.6) is 0 Å². The summed E-state index contributed by atoms with van der Waals surface area (Å²) in [4.78, 5) is 13.8. The van der Waals surface area contributed by atoms with Crippen LogP contribution in [-0.4, -0.2) is 34.6 Å². The number of hydrogen-bond acceptors (Lipinski definition) is 5. The number of nitrogens with zero attached hydrogens (tertiary/aromatic N) is 4. The Bertz CT molecular complexity index is 704. The Kier molecular flexibility index (Phi) is 4.55. The van der Waals surface area contributed by atoms with E-state index in [1.54, 1.807) is 4.90 Å². The van der Waals surface area contributed by atoms with Crippen molar-refractivity contribution in [1.29, 1.82) is 0 Å². The minimum absolute atomic E-state index is 0.140. The molecule has 0 spiro atoms. The molecule has 0 amide bonds. The number of hydrogen-bond donors (Lipinski definition) is 1. The first-order valence-corrected chi connectivity index (χ1v) is 7.74. The van der Waals surface area contributed by atoms with Crippen LogP contribution in [-0.2, 0) is 6.18 Å². The molecule has 1 aliphatic heterocycles. The van der Waals surface area contributed by atoms with E-state index in [0.717, 1.165) is 30.2 Å². The number of halogens is 3. The summed E-state index contributed by atoms with van der Waals surface area (Å²) >= 11 is 0. The predicted octanol–water partition coefficient (Wildman–Crippen LogP) is 3.14. The van der Waals surface area contributed by atoms with Crippen LogP contribution in [0.3, 0.4) is 0 Å². The quantitative estimate of drug-likeness (QED) is 0.929. The Morgan fingerprint density at radius 1 is 1.25 bits per heavy atom. The number of nitrogens with one attached hydrogen (secondary N) is 1. The standard InChI is InChI=1S/C16H18F3N5/c1-11-3-2-4-14(22-11)21-9-12-6-8-24(10-12)15-20-7-5-13(23-15)16(17,18)19/h2-5,7,12H,6,8-10H2,1H3,(H,21,22)/t12-/m0/s1. The molecule has 3 heterocycles. The van der Waals surface area contributed by atoms with Crippen LogP contribution in [0.1, 0.15) is 17.8 Å². The molecule has 3 rings (SSSR count). The van der Waals surface area contributed by atoms with Crippen molar-refractivity contribution in [3.63, 3.8) is 0 Å². The summed E-state index contributed by atoms with van der Waals surface area (Å²) in [5, 5.41) is 3.28. The normalized spacial score (nSPS) is 18.0. The summed E-state index contributed by atoms with van der Waals surface area (Å²) in [7, 11) is 0. The van der Waals surface area contributed by atoms with Gasteiger partial charge in [0.15, 0.2) is 0 Å². The van der Waals surface area contributed by atoms with E-state index in [1.165, 1.54) is 0 Å². The van der Waals surface area contributed by atoms with Gasteiger partial charge in [-0.05, 0) is 37.5 Å². The Balaban J connectivity index is 1.59. The summed E-state index contributed by atoms with van der Waals surface area (Å²) in [6.45, 7) is 3.91. The molecule has 0 aromatic carbocycles. The lowest BCUT2D eigenvalue weighted by Gasteiger charge is -2.17. The van der Waals surface area contributed by atoms with Crippen LogP contribution < -0.4 is 10.2 Å². The van der Waals surface area contributed by atoms with Crippen molar-refractivity contribution < 1.29 is 13.2 Å². The third-order valence-electron chi connectivity index (χ3n) is 3.96. The van der Waals surface area contributed by atoms with Crippen molar-refractivity contribution in [2.24, 2.45) is 5.92 Å². The van der Waals surface area contributed by atoms with Gasteiger partial charge >= 0.3 is 6.18 Å².